The van der Waals surface area contributed by atoms with Crippen molar-refractivity contribution in [1.82, 2.24) is 15.0 Å². The van der Waals surface area contributed by atoms with Gasteiger partial charge in [0.2, 0.25) is 17.6 Å². The highest BCUT2D eigenvalue weighted by molar-refractivity contribution is 5.94. The van der Waals surface area contributed by atoms with Gasteiger partial charge in [-0.1, -0.05) is 30.3 Å². The first-order valence-electron chi connectivity index (χ1n) is 10.7. The van der Waals surface area contributed by atoms with E-state index in [4.69, 9.17) is 9.26 Å². The van der Waals surface area contributed by atoms with Crippen LogP contribution in [0.1, 0.15) is 48.4 Å². The molecule has 0 spiro atoms. The SMILES string of the molecule is CCC(=O)Nc1cccc(-c2noc([C@H]3CCCN(C(=O)c4cccc(OC)c4)C3)n2)c1. The van der Waals surface area contributed by atoms with Gasteiger partial charge >= 0.3 is 0 Å². The number of hydrogen-bond acceptors (Lipinski definition) is 6. The number of nitrogens with one attached hydrogen (secondary N) is 1. The van der Waals surface area contributed by atoms with Crippen LogP contribution in [0.3, 0.4) is 0 Å². The largest absolute Gasteiger partial charge is 0.497 e. The predicted octanol–water partition coefficient (Wildman–Crippen LogP) is 4.11. The Morgan fingerprint density at radius 2 is 2.06 bits per heavy atom. The van der Waals surface area contributed by atoms with Crippen molar-refractivity contribution in [2.24, 2.45) is 0 Å². The lowest BCUT2D eigenvalue weighted by Gasteiger charge is -2.31. The second kappa shape index (κ2) is 9.64. The highest BCUT2D eigenvalue weighted by Crippen LogP contribution is 2.29. The molecule has 3 aromatic rings. The van der Waals surface area contributed by atoms with Gasteiger partial charge in [-0.2, -0.15) is 4.98 Å². The van der Waals surface area contributed by atoms with Crippen LogP contribution in [-0.2, 0) is 4.79 Å². The number of carbonyl (C=O) groups excluding carboxylic acids is 2. The Balaban J connectivity index is 1.48. The van der Waals surface area contributed by atoms with E-state index in [-0.39, 0.29) is 17.7 Å². The molecule has 1 fully saturated rings. The summed E-state index contributed by atoms with van der Waals surface area (Å²) < 4.78 is 10.8. The zero-order valence-corrected chi connectivity index (χ0v) is 18.2. The number of aromatic nitrogens is 2. The number of anilines is 1. The molecule has 166 valence electrons. The van der Waals surface area contributed by atoms with Crippen LogP contribution < -0.4 is 10.1 Å². The smallest absolute Gasteiger partial charge is 0.254 e. The molecule has 1 aliphatic heterocycles. The fraction of sp³-hybridized carbons (Fsp3) is 0.333. The van der Waals surface area contributed by atoms with Gasteiger partial charge in [0.1, 0.15) is 5.75 Å². The average molecular weight is 434 g/mol. The van der Waals surface area contributed by atoms with Gasteiger partial charge in [0, 0.05) is 36.3 Å². The Labute approximate surface area is 186 Å². The molecule has 2 aromatic carbocycles. The molecular formula is C24H26N4O4. The van der Waals surface area contributed by atoms with Crippen molar-refractivity contribution in [2.45, 2.75) is 32.1 Å². The third-order valence-corrected chi connectivity index (χ3v) is 5.54. The molecule has 0 saturated carbocycles. The third kappa shape index (κ3) is 4.80. The van der Waals surface area contributed by atoms with Gasteiger partial charge in [0.05, 0.1) is 13.0 Å². The van der Waals surface area contributed by atoms with Crippen LogP contribution >= 0.6 is 0 Å². The maximum absolute atomic E-state index is 13.0. The lowest BCUT2D eigenvalue weighted by atomic mass is 9.97. The molecule has 2 amide bonds. The Hall–Kier alpha value is -3.68. The van der Waals surface area contributed by atoms with Gasteiger partial charge in [0.25, 0.3) is 5.91 Å². The molecule has 4 rings (SSSR count). The number of likely N-dealkylation sites (tertiary alicyclic amines) is 1. The second-order valence-corrected chi connectivity index (χ2v) is 7.76. The van der Waals surface area contributed by atoms with E-state index < -0.39 is 0 Å². The molecular weight excluding hydrogens is 408 g/mol. The van der Waals surface area contributed by atoms with E-state index in [1.54, 1.807) is 26.2 Å². The molecule has 1 atom stereocenters. The lowest BCUT2D eigenvalue weighted by molar-refractivity contribution is -0.115. The Morgan fingerprint density at radius 3 is 2.88 bits per heavy atom. The van der Waals surface area contributed by atoms with Crippen LogP contribution in [0.2, 0.25) is 0 Å². The summed E-state index contributed by atoms with van der Waals surface area (Å²) in [5.41, 5.74) is 2.05. The van der Waals surface area contributed by atoms with Crippen LogP contribution in [0, 0.1) is 0 Å². The Bertz CT molecular complexity index is 1110. The first-order chi connectivity index (χ1) is 15.6. The molecule has 1 aliphatic rings. The second-order valence-electron chi connectivity index (χ2n) is 7.76. The monoisotopic (exact) mass is 434 g/mol. The minimum absolute atomic E-state index is 0.0254. The lowest BCUT2D eigenvalue weighted by Crippen LogP contribution is -2.39. The van der Waals surface area contributed by atoms with Crippen LogP contribution in [0.25, 0.3) is 11.4 Å². The highest BCUT2D eigenvalue weighted by Gasteiger charge is 2.29. The number of amides is 2. The number of piperidine rings is 1. The molecule has 1 saturated heterocycles. The van der Waals surface area contributed by atoms with Crippen molar-refractivity contribution >= 4 is 17.5 Å². The Kier molecular flexibility index (Phi) is 6.49. The Morgan fingerprint density at radius 1 is 1.22 bits per heavy atom. The van der Waals surface area contributed by atoms with Gasteiger partial charge in [-0.25, -0.2) is 0 Å². The zero-order chi connectivity index (χ0) is 22.5. The van der Waals surface area contributed by atoms with Gasteiger partial charge in [-0.3, -0.25) is 9.59 Å². The first kappa shape index (κ1) is 21.5. The highest BCUT2D eigenvalue weighted by atomic mass is 16.5. The topological polar surface area (TPSA) is 97.6 Å². The van der Waals surface area contributed by atoms with Gasteiger partial charge in [-0.05, 0) is 43.2 Å². The van der Waals surface area contributed by atoms with Crippen LogP contribution in [-0.4, -0.2) is 47.1 Å². The van der Waals surface area contributed by atoms with Gasteiger partial charge < -0.3 is 19.5 Å². The van der Waals surface area contributed by atoms with E-state index in [0.717, 1.165) is 18.4 Å². The predicted molar refractivity (Wildman–Crippen MR) is 120 cm³/mol. The van der Waals surface area contributed by atoms with Gasteiger partial charge in [0.15, 0.2) is 0 Å². The standard InChI is InChI=1S/C24H26N4O4/c1-3-21(29)25-19-10-4-7-16(13-19)22-26-23(32-27-22)18-9-6-12-28(15-18)24(30)17-8-5-11-20(14-17)31-2/h4-5,7-8,10-11,13-14,18H,3,6,9,12,15H2,1-2H3,(H,25,29)/t18-/m0/s1. The third-order valence-electron chi connectivity index (χ3n) is 5.54. The van der Waals surface area contributed by atoms with E-state index >= 15 is 0 Å². The molecule has 8 nitrogen and oxygen atoms in total. The fourth-order valence-corrected chi connectivity index (χ4v) is 3.81. The summed E-state index contributed by atoms with van der Waals surface area (Å²) in [4.78, 5) is 31.1. The normalized spacial score (nSPS) is 15.9. The van der Waals surface area contributed by atoms with Crippen molar-refractivity contribution in [2.75, 3.05) is 25.5 Å². The molecule has 32 heavy (non-hydrogen) atoms. The van der Waals surface area contributed by atoms with Crippen molar-refractivity contribution in [3.8, 4) is 17.1 Å². The maximum atomic E-state index is 13.0. The van der Waals surface area contributed by atoms with Crippen LogP contribution in [0.5, 0.6) is 5.75 Å². The number of nitrogens with zero attached hydrogens (tertiary/aromatic N) is 3. The zero-order valence-electron chi connectivity index (χ0n) is 18.2. The van der Waals surface area contributed by atoms with E-state index in [2.05, 4.69) is 15.5 Å². The number of hydrogen-bond donors (Lipinski definition) is 1. The van der Waals surface area contributed by atoms with E-state index in [9.17, 15) is 9.59 Å². The fourth-order valence-electron chi connectivity index (χ4n) is 3.81. The van der Waals surface area contributed by atoms with E-state index in [0.29, 0.717) is 48.2 Å². The summed E-state index contributed by atoms with van der Waals surface area (Å²) in [5, 5.41) is 6.97. The number of ether oxygens (including phenoxy) is 1. The van der Waals surface area contributed by atoms with Crippen molar-refractivity contribution < 1.29 is 18.8 Å². The summed E-state index contributed by atoms with van der Waals surface area (Å²) in [6.45, 7) is 3.01. The van der Waals surface area contributed by atoms with Crippen molar-refractivity contribution in [1.29, 1.82) is 0 Å². The van der Waals surface area contributed by atoms with Crippen LogP contribution in [0.15, 0.2) is 53.1 Å². The molecule has 2 heterocycles. The first-order valence-corrected chi connectivity index (χ1v) is 10.7. The quantitative estimate of drug-likeness (QED) is 0.627. The summed E-state index contributed by atoms with van der Waals surface area (Å²) in [6.07, 6.45) is 2.13. The summed E-state index contributed by atoms with van der Waals surface area (Å²) in [5.74, 6) is 1.52. The molecule has 0 unspecified atom stereocenters. The number of benzene rings is 2. The minimum atomic E-state index is -0.0565. The van der Waals surface area contributed by atoms with Crippen molar-refractivity contribution in [3.63, 3.8) is 0 Å². The van der Waals surface area contributed by atoms with E-state index in [1.807, 2.05) is 41.3 Å². The van der Waals surface area contributed by atoms with Crippen LogP contribution in [0.4, 0.5) is 5.69 Å². The molecule has 0 aliphatic carbocycles. The van der Waals surface area contributed by atoms with E-state index in [1.165, 1.54) is 0 Å². The summed E-state index contributed by atoms with van der Waals surface area (Å²) in [6, 6.07) is 14.5. The molecule has 0 radical (unpaired) electrons. The van der Waals surface area contributed by atoms with Crippen molar-refractivity contribution in [3.05, 3.63) is 60.0 Å². The number of methoxy groups -OCH3 is 1. The minimum Gasteiger partial charge on any atom is -0.497 e. The maximum Gasteiger partial charge on any atom is 0.254 e. The summed E-state index contributed by atoms with van der Waals surface area (Å²) in [7, 11) is 1.58. The summed E-state index contributed by atoms with van der Waals surface area (Å²) >= 11 is 0. The number of carbonyl (C=O) groups is 2. The van der Waals surface area contributed by atoms with Gasteiger partial charge in [-0.15, -0.1) is 0 Å². The molecule has 1 aromatic heterocycles. The molecule has 0 bridgehead atoms. The number of rotatable bonds is 6. The average Bonchev–Trinajstić information content (AvgIpc) is 3.34. The molecule has 1 N–H and O–H groups in total. The molecule has 8 heteroatoms.